The zero-order valence-corrected chi connectivity index (χ0v) is 11.2. The van der Waals surface area contributed by atoms with Crippen molar-refractivity contribution < 1.29 is 9.18 Å². The van der Waals surface area contributed by atoms with E-state index in [0.717, 1.165) is 0 Å². The summed E-state index contributed by atoms with van der Waals surface area (Å²) in [6.45, 7) is 0.200. The van der Waals surface area contributed by atoms with Crippen LogP contribution in [0.5, 0.6) is 0 Å². The minimum absolute atomic E-state index is 0.200. The van der Waals surface area contributed by atoms with E-state index in [2.05, 4.69) is 20.8 Å². The van der Waals surface area contributed by atoms with Gasteiger partial charge in [-0.15, -0.1) is 10.2 Å². The van der Waals surface area contributed by atoms with Gasteiger partial charge in [-0.3, -0.25) is 4.79 Å². The van der Waals surface area contributed by atoms with Gasteiger partial charge in [-0.2, -0.15) is 5.26 Å². The van der Waals surface area contributed by atoms with Gasteiger partial charge in [-0.25, -0.2) is 4.39 Å². The van der Waals surface area contributed by atoms with Gasteiger partial charge < -0.3 is 10.6 Å². The highest BCUT2D eigenvalue weighted by molar-refractivity contribution is 5.91. The van der Waals surface area contributed by atoms with Crippen LogP contribution in [0.1, 0.15) is 21.6 Å². The molecule has 0 aliphatic carbocycles. The summed E-state index contributed by atoms with van der Waals surface area (Å²) in [5, 5.41) is 21.6. The number of anilines is 1. The highest BCUT2D eigenvalue weighted by Crippen LogP contribution is 2.12. The van der Waals surface area contributed by atoms with Crippen LogP contribution in [0.25, 0.3) is 0 Å². The average molecular weight is 285 g/mol. The van der Waals surface area contributed by atoms with Crippen LogP contribution in [0, 0.1) is 17.1 Å². The maximum absolute atomic E-state index is 13.7. The van der Waals surface area contributed by atoms with Gasteiger partial charge in [-0.1, -0.05) is 6.07 Å². The molecular weight excluding hydrogens is 273 g/mol. The van der Waals surface area contributed by atoms with Gasteiger partial charge in [0.2, 0.25) is 0 Å². The summed E-state index contributed by atoms with van der Waals surface area (Å²) >= 11 is 0. The number of hydrogen-bond donors (Lipinski definition) is 2. The highest BCUT2D eigenvalue weighted by Gasteiger charge is 2.07. The number of benzene rings is 1. The lowest BCUT2D eigenvalue weighted by Gasteiger charge is -2.06. The maximum Gasteiger partial charge on any atom is 0.271 e. The van der Waals surface area contributed by atoms with Gasteiger partial charge in [0.05, 0.1) is 11.6 Å². The molecule has 1 aromatic heterocycles. The minimum atomic E-state index is -0.462. The Bertz CT molecular complexity index is 694. The Hall–Kier alpha value is -3.01. The molecule has 0 atom stereocenters. The molecule has 0 aliphatic heterocycles. The zero-order valence-electron chi connectivity index (χ0n) is 11.2. The van der Waals surface area contributed by atoms with Crippen molar-refractivity contribution in [1.29, 1.82) is 5.26 Å². The molecule has 0 spiro atoms. The molecule has 0 aliphatic rings. The van der Waals surface area contributed by atoms with E-state index < -0.39 is 5.82 Å². The normalized spacial score (nSPS) is 9.76. The first-order valence-corrected chi connectivity index (χ1v) is 6.12. The molecule has 2 N–H and O–H groups in total. The van der Waals surface area contributed by atoms with Crippen molar-refractivity contribution in [2.45, 2.75) is 6.54 Å². The van der Waals surface area contributed by atoms with Crippen LogP contribution in [0.3, 0.4) is 0 Å². The molecule has 1 heterocycles. The molecular formula is C14H12FN5O. The van der Waals surface area contributed by atoms with E-state index >= 15 is 0 Å². The predicted molar refractivity (Wildman–Crippen MR) is 73.9 cm³/mol. The Kier molecular flexibility index (Phi) is 4.41. The van der Waals surface area contributed by atoms with Crippen molar-refractivity contribution in [3.8, 4) is 6.07 Å². The summed E-state index contributed by atoms with van der Waals surface area (Å²) in [6, 6.07) is 9.23. The fraction of sp³-hybridized carbons (Fsp3) is 0.143. The summed E-state index contributed by atoms with van der Waals surface area (Å²) in [6.07, 6.45) is 0. The van der Waals surface area contributed by atoms with E-state index in [9.17, 15) is 9.18 Å². The first kappa shape index (κ1) is 14.4. The molecule has 106 valence electrons. The van der Waals surface area contributed by atoms with Crippen molar-refractivity contribution in [2.24, 2.45) is 0 Å². The molecule has 21 heavy (non-hydrogen) atoms. The Morgan fingerprint density at radius 1 is 1.33 bits per heavy atom. The van der Waals surface area contributed by atoms with Gasteiger partial charge in [0.15, 0.2) is 5.69 Å². The second-order valence-corrected chi connectivity index (χ2v) is 4.15. The average Bonchev–Trinajstić information content (AvgIpc) is 2.53. The van der Waals surface area contributed by atoms with Crippen molar-refractivity contribution in [3.05, 3.63) is 53.0 Å². The third kappa shape index (κ3) is 3.51. The number of nitriles is 1. The molecule has 0 bridgehead atoms. The van der Waals surface area contributed by atoms with Crippen molar-refractivity contribution in [1.82, 2.24) is 15.5 Å². The van der Waals surface area contributed by atoms with Gasteiger partial charge in [0.1, 0.15) is 11.6 Å². The topological polar surface area (TPSA) is 90.7 Å². The Labute approximate surface area is 120 Å². The molecule has 0 saturated carbocycles. The standard InChI is InChI=1S/C14H12FN5O/c1-17-14(21)12-4-5-13(20-19-12)18-8-10-3-2-9(7-16)6-11(10)15/h2-6H,8H2,1H3,(H,17,21)(H,18,20). The number of rotatable bonds is 4. The van der Waals surface area contributed by atoms with E-state index in [-0.39, 0.29) is 23.7 Å². The summed E-state index contributed by atoms with van der Waals surface area (Å²) in [5.74, 6) is -0.366. The van der Waals surface area contributed by atoms with Crippen LogP contribution in [0.4, 0.5) is 10.2 Å². The van der Waals surface area contributed by atoms with Crippen LogP contribution in [0.15, 0.2) is 30.3 Å². The number of amides is 1. The van der Waals surface area contributed by atoms with Gasteiger partial charge >= 0.3 is 0 Å². The third-order valence-corrected chi connectivity index (χ3v) is 2.77. The number of aromatic nitrogens is 2. The number of halogens is 1. The van der Waals surface area contributed by atoms with E-state index in [1.165, 1.54) is 25.2 Å². The predicted octanol–water partition coefficient (Wildman–Crippen LogP) is 1.46. The molecule has 0 fully saturated rings. The monoisotopic (exact) mass is 285 g/mol. The van der Waals surface area contributed by atoms with Crippen LogP contribution in [-0.4, -0.2) is 23.2 Å². The fourth-order valence-corrected chi connectivity index (χ4v) is 1.62. The van der Waals surface area contributed by atoms with Crippen molar-refractivity contribution in [3.63, 3.8) is 0 Å². The molecule has 0 saturated heterocycles. The summed E-state index contributed by atoms with van der Waals surface area (Å²) in [4.78, 5) is 11.3. The lowest BCUT2D eigenvalue weighted by Crippen LogP contribution is -2.19. The van der Waals surface area contributed by atoms with Gasteiger partial charge in [0.25, 0.3) is 5.91 Å². The molecule has 2 aromatic rings. The van der Waals surface area contributed by atoms with E-state index in [0.29, 0.717) is 11.4 Å². The quantitative estimate of drug-likeness (QED) is 0.887. The Balaban J connectivity index is 2.03. The number of carbonyl (C=O) groups excluding carboxylic acids is 1. The second kappa shape index (κ2) is 6.43. The van der Waals surface area contributed by atoms with Crippen LogP contribution in [0.2, 0.25) is 0 Å². The molecule has 0 radical (unpaired) electrons. The Morgan fingerprint density at radius 2 is 2.14 bits per heavy atom. The summed E-state index contributed by atoms with van der Waals surface area (Å²) in [5.41, 5.74) is 0.879. The van der Waals surface area contributed by atoms with Crippen molar-refractivity contribution in [2.75, 3.05) is 12.4 Å². The molecule has 0 unspecified atom stereocenters. The highest BCUT2D eigenvalue weighted by atomic mass is 19.1. The molecule has 7 heteroatoms. The smallest absolute Gasteiger partial charge is 0.271 e. The van der Waals surface area contributed by atoms with E-state index in [1.807, 2.05) is 6.07 Å². The molecule has 1 amide bonds. The fourth-order valence-electron chi connectivity index (χ4n) is 1.62. The molecule has 1 aromatic carbocycles. The molecule has 2 rings (SSSR count). The second-order valence-electron chi connectivity index (χ2n) is 4.15. The lowest BCUT2D eigenvalue weighted by molar-refractivity contribution is 0.0957. The first-order valence-electron chi connectivity index (χ1n) is 6.12. The zero-order chi connectivity index (χ0) is 15.2. The number of hydrogen-bond acceptors (Lipinski definition) is 5. The number of nitrogens with one attached hydrogen (secondary N) is 2. The van der Waals surface area contributed by atoms with Crippen LogP contribution < -0.4 is 10.6 Å². The number of nitrogens with zero attached hydrogens (tertiary/aromatic N) is 3. The van der Waals surface area contributed by atoms with Crippen molar-refractivity contribution >= 4 is 11.7 Å². The minimum Gasteiger partial charge on any atom is -0.364 e. The van der Waals surface area contributed by atoms with Crippen LogP contribution >= 0.6 is 0 Å². The largest absolute Gasteiger partial charge is 0.364 e. The van der Waals surface area contributed by atoms with Gasteiger partial charge in [0, 0.05) is 19.2 Å². The van der Waals surface area contributed by atoms with Gasteiger partial charge in [-0.05, 0) is 24.3 Å². The SMILES string of the molecule is CNC(=O)c1ccc(NCc2ccc(C#N)cc2F)nn1. The maximum atomic E-state index is 13.7. The lowest BCUT2D eigenvalue weighted by atomic mass is 10.1. The number of carbonyl (C=O) groups is 1. The molecule has 6 nitrogen and oxygen atoms in total. The van der Waals surface area contributed by atoms with E-state index in [1.54, 1.807) is 12.1 Å². The first-order chi connectivity index (χ1) is 10.1. The van der Waals surface area contributed by atoms with E-state index in [4.69, 9.17) is 5.26 Å². The third-order valence-electron chi connectivity index (χ3n) is 2.77. The summed E-state index contributed by atoms with van der Waals surface area (Å²) in [7, 11) is 1.50. The van der Waals surface area contributed by atoms with Crippen LogP contribution in [-0.2, 0) is 6.54 Å². The Morgan fingerprint density at radius 3 is 2.71 bits per heavy atom. The summed E-state index contributed by atoms with van der Waals surface area (Å²) < 4.78 is 13.7.